The molecule has 110 valence electrons. The number of rotatable bonds is 6. The first-order valence-corrected chi connectivity index (χ1v) is 6.74. The molecular weight excluding hydrogens is 266 g/mol. The number of benzene rings is 2. The van der Waals surface area contributed by atoms with E-state index in [0.717, 1.165) is 11.1 Å². The van der Waals surface area contributed by atoms with Crippen LogP contribution < -0.4 is 14.8 Å². The molecule has 2 aromatic carbocycles. The molecule has 0 aliphatic carbocycles. The van der Waals surface area contributed by atoms with E-state index in [4.69, 9.17) is 9.47 Å². The van der Waals surface area contributed by atoms with Crippen LogP contribution in [0.15, 0.2) is 48.5 Å². The van der Waals surface area contributed by atoms with E-state index < -0.39 is 0 Å². The van der Waals surface area contributed by atoms with E-state index in [1.165, 1.54) is 0 Å². The SMILES string of the molecule is COc1ccc(OC)c(CC(=O)NCc2ccccc2)c1. The van der Waals surface area contributed by atoms with Gasteiger partial charge in [-0.1, -0.05) is 30.3 Å². The van der Waals surface area contributed by atoms with Crippen LogP contribution in [0.25, 0.3) is 0 Å². The molecule has 0 aliphatic heterocycles. The molecule has 0 spiro atoms. The van der Waals surface area contributed by atoms with Crippen molar-refractivity contribution in [3.05, 3.63) is 59.7 Å². The molecule has 4 heteroatoms. The third-order valence-electron chi connectivity index (χ3n) is 3.17. The fourth-order valence-corrected chi connectivity index (χ4v) is 2.05. The Morgan fingerprint density at radius 1 is 1.05 bits per heavy atom. The third-order valence-corrected chi connectivity index (χ3v) is 3.17. The van der Waals surface area contributed by atoms with Gasteiger partial charge in [0.15, 0.2) is 0 Å². The van der Waals surface area contributed by atoms with Crippen molar-refractivity contribution in [2.45, 2.75) is 13.0 Å². The summed E-state index contributed by atoms with van der Waals surface area (Å²) in [5.41, 5.74) is 1.88. The number of amides is 1. The van der Waals surface area contributed by atoms with Crippen LogP contribution in [-0.4, -0.2) is 20.1 Å². The van der Waals surface area contributed by atoms with Crippen LogP contribution in [0.5, 0.6) is 11.5 Å². The van der Waals surface area contributed by atoms with Crippen molar-refractivity contribution in [3.63, 3.8) is 0 Å². The zero-order valence-corrected chi connectivity index (χ0v) is 12.3. The van der Waals surface area contributed by atoms with Crippen molar-refractivity contribution in [3.8, 4) is 11.5 Å². The lowest BCUT2D eigenvalue weighted by Crippen LogP contribution is -2.24. The molecule has 0 saturated carbocycles. The van der Waals surface area contributed by atoms with Crippen LogP contribution in [0.1, 0.15) is 11.1 Å². The highest BCUT2D eigenvalue weighted by molar-refractivity contribution is 5.79. The summed E-state index contributed by atoms with van der Waals surface area (Å²) in [6, 6.07) is 15.2. The van der Waals surface area contributed by atoms with Gasteiger partial charge in [0.1, 0.15) is 11.5 Å². The Labute approximate surface area is 124 Å². The smallest absolute Gasteiger partial charge is 0.224 e. The van der Waals surface area contributed by atoms with Gasteiger partial charge in [-0.3, -0.25) is 4.79 Å². The quantitative estimate of drug-likeness (QED) is 0.887. The second kappa shape index (κ2) is 7.33. The molecule has 1 amide bonds. The van der Waals surface area contributed by atoms with E-state index in [1.807, 2.05) is 42.5 Å². The number of methoxy groups -OCH3 is 2. The molecule has 4 nitrogen and oxygen atoms in total. The first-order chi connectivity index (χ1) is 10.2. The monoisotopic (exact) mass is 285 g/mol. The van der Waals surface area contributed by atoms with Crippen LogP contribution in [0.2, 0.25) is 0 Å². The van der Waals surface area contributed by atoms with Gasteiger partial charge in [0.25, 0.3) is 0 Å². The number of carbonyl (C=O) groups is 1. The molecule has 0 radical (unpaired) electrons. The van der Waals surface area contributed by atoms with Crippen molar-refractivity contribution < 1.29 is 14.3 Å². The Hall–Kier alpha value is -2.49. The van der Waals surface area contributed by atoms with Gasteiger partial charge in [-0.15, -0.1) is 0 Å². The lowest BCUT2D eigenvalue weighted by atomic mass is 10.1. The summed E-state index contributed by atoms with van der Waals surface area (Å²) in [6.07, 6.45) is 0.257. The third kappa shape index (κ3) is 4.24. The minimum Gasteiger partial charge on any atom is -0.497 e. The number of hydrogen-bond donors (Lipinski definition) is 1. The van der Waals surface area contributed by atoms with Crippen LogP contribution >= 0.6 is 0 Å². The number of hydrogen-bond acceptors (Lipinski definition) is 3. The Balaban J connectivity index is 1.99. The molecular formula is C17H19NO3. The van der Waals surface area contributed by atoms with Crippen LogP contribution in [0.4, 0.5) is 0 Å². The van der Waals surface area contributed by atoms with E-state index in [0.29, 0.717) is 18.0 Å². The first kappa shape index (κ1) is 14.9. The number of carbonyl (C=O) groups excluding carboxylic acids is 1. The summed E-state index contributed by atoms with van der Waals surface area (Å²) in [4.78, 5) is 12.0. The molecule has 21 heavy (non-hydrogen) atoms. The minimum absolute atomic E-state index is 0.0505. The molecule has 0 aliphatic rings. The van der Waals surface area contributed by atoms with E-state index in [1.54, 1.807) is 20.3 Å². The summed E-state index contributed by atoms with van der Waals surface area (Å²) in [5.74, 6) is 1.35. The topological polar surface area (TPSA) is 47.6 Å². The van der Waals surface area contributed by atoms with E-state index in [9.17, 15) is 4.79 Å². The number of nitrogens with one attached hydrogen (secondary N) is 1. The van der Waals surface area contributed by atoms with Crippen molar-refractivity contribution >= 4 is 5.91 Å². The Morgan fingerprint density at radius 3 is 2.48 bits per heavy atom. The largest absolute Gasteiger partial charge is 0.497 e. The lowest BCUT2D eigenvalue weighted by Gasteiger charge is -2.11. The van der Waals surface area contributed by atoms with Gasteiger partial charge >= 0.3 is 0 Å². The van der Waals surface area contributed by atoms with Gasteiger partial charge in [-0.05, 0) is 23.8 Å². The van der Waals surface area contributed by atoms with E-state index in [-0.39, 0.29) is 12.3 Å². The zero-order valence-electron chi connectivity index (χ0n) is 12.3. The summed E-state index contributed by atoms with van der Waals surface area (Å²) < 4.78 is 10.5. The lowest BCUT2D eigenvalue weighted by molar-refractivity contribution is -0.120. The zero-order chi connectivity index (χ0) is 15.1. The molecule has 0 aromatic heterocycles. The molecule has 0 unspecified atom stereocenters. The van der Waals surface area contributed by atoms with Crippen molar-refractivity contribution in [2.75, 3.05) is 14.2 Å². The predicted molar refractivity (Wildman–Crippen MR) is 81.5 cm³/mol. The van der Waals surface area contributed by atoms with Crippen LogP contribution in [-0.2, 0) is 17.8 Å². The maximum Gasteiger partial charge on any atom is 0.224 e. The summed E-state index contributed by atoms with van der Waals surface area (Å²) >= 11 is 0. The maximum absolute atomic E-state index is 12.0. The summed E-state index contributed by atoms with van der Waals surface area (Å²) in [6.45, 7) is 0.520. The Morgan fingerprint density at radius 2 is 1.81 bits per heavy atom. The average molecular weight is 285 g/mol. The highest BCUT2D eigenvalue weighted by Gasteiger charge is 2.10. The second-order valence-corrected chi connectivity index (χ2v) is 4.62. The van der Waals surface area contributed by atoms with Gasteiger partial charge in [0.05, 0.1) is 20.6 Å². The second-order valence-electron chi connectivity index (χ2n) is 4.62. The van der Waals surface area contributed by atoms with E-state index in [2.05, 4.69) is 5.32 Å². The van der Waals surface area contributed by atoms with Crippen molar-refractivity contribution in [2.24, 2.45) is 0 Å². The fourth-order valence-electron chi connectivity index (χ4n) is 2.05. The van der Waals surface area contributed by atoms with E-state index >= 15 is 0 Å². The van der Waals surface area contributed by atoms with Gasteiger partial charge in [-0.25, -0.2) is 0 Å². The standard InChI is InChI=1S/C17H19NO3/c1-20-15-8-9-16(21-2)14(10-15)11-17(19)18-12-13-6-4-3-5-7-13/h3-10H,11-12H2,1-2H3,(H,18,19). The van der Waals surface area contributed by atoms with Gasteiger partial charge < -0.3 is 14.8 Å². The molecule has 0 saturated heterocycles. The Kier molecular flexibility index (Phi) is 5.21. The molecule has 2 rings (SSSR count). The summed E-state index contributed by atoms with van der Waals surface area (Å²) in [7, 11) is 3.19. The molecule has 0 heterocycles. The highest BCUT2D eigenvalue weighted by Crippen LogP contribution is 2.24. The van der Waals surface area contributed by atoms with Crippen LogP contribution in [0.3, 0.4) is 0 Å². The molecule has 0 bridgehead atoms. The average Bonchev–Trinajstić information content (AvgIpc) is 2.54. The molecule has 2 aromatic rings. The molecule has 0 atom stereocenters. The Bertz CT molecular complexity index is 596. The predicted octanol–water partition coefficient (Wildman–Crippen LogP) is 2.56. The van der Waals surface area contributed by atoms with Crippen molar-refractivity contribution in [1.82, 2.24) is 5.32 Å². The fraction of sp³-hybridized carbons (Fsp3) is 0.235. The maximum atomic E-state index is 12.0. The minimum atomic E-state index is -0.0505. The normalized spacial score (nSPS) is 10.0. The van der Waals surface area contributed by atoms with Gasteiger partial charge in [0, 0.05) is 12.1 Å². The number of ether oxygens (including phenoxy) is 2. The van der Waals surface area contributed by atoms with Gasteiger partial charge in [-0.2, -0.15) is 0 Å². The first-order valence-electron chi connectivity index (χ1n) is 6.74. The molecule has 0 fully saturated rings. The molecule has 1 N–H and O–H groups in total. The van der Waals surface area contributed by atoms with Crippen LogP contribution in [0, 0.1) is 0 Å². The summed E-state index contributed by atoms with van der Waals surface area (Å²) in [5, 5.41) is 2.90. The van der Waals surface area contributed by atoms with Crippen molar-refractivity contribution in [1.29, 1.82) is 0 Å². The highest BCUT2D eigenvalue weighted by atomic mass is 16.5. The van der Waals surface area contributed by atoms with Gasteiger partial charge in [0.2, 0.25) is 5.91 Å².